The van der Waals surface area contributed by atoms with Gasteiger partial charge in [-0.1, -0.05) is 38.1 Å². The summed E-state index contributed by atoms with van der Waals surface area (Å²) in [7, 11) is 0. The van der Waals surface area contributed by atoms with Crippen molar-refractivity contribution in [2.45, 2.75) is 32.6 Å². The van der Waals surface area contributed by atoms with E-state index in [1.807, 2.05) is 54.6 Å². The highest BCUT2D eigenvalue weighted by Crippen LogP contribution is 2.24. The number of benzene rings is 2. The third-order valence-corrected chi connectivity index (χ3v) is 5.26. The first-order valence-corrected chi connectivity index (χ1v) is 11.0. The summed E-state index contributed by atoms with van der Waals surface area (Å²) < 4.78 is 6.03. The molecule has 32 heavy (non-hydrogen) atoms. The van der Waals surface area contributed by atoms with E-state index in [-0.39, 0.29) is 5.91 Å². The molecule has 2 N–H and O–H groups in total. The predicted octanol–water partition coefficient (Wildman–Crippen LogP) is 4.92. The summed E-state index contributed by atoms with van der Waals surface area (Å²) in [6.07, 6.45) is 2.76. The number of aliphatic imine (C=N–C) groups is 1. The van der Waals surface area contributed by atoms with Crippen LogP contribution in [0.4, 0.5) is 5.69 Å². The van der Waals surface area contributed by atoms with Crippen molar-refractivity contribution in [3.63, 3.8) is 0 Å². The van der Waals surface area contributed by atoms with Crippen LogP contribution in [0.5, 0.6) is 11.5 Å². The second kappa shape index (κ2) is 10.1. The van der Waals surface area contributed by atoms with Gasteiger partial charge >= 0.3 is 0 Å². The van der Waals surface area contributed by atoms with Gasteiger partial charge < -0.3 is 15.4 Å². The number of aromatic nitrogens is 1. The van der Waals surface area contributed by atoms with Gasteiger partial charge in [0, 0.05) is 30.9 Å². The first kappa shape index (κ1) is 21.6. The van der Waals surface area contributed by atoms with Gasteiger partial charge in [-0.25, -0.2) is 0 Å². The first-order chi connectivity index (χ1) is 15.6. The van der Waals surface area contributed by atoms with Gasteiger partial charge in [-0.05, 0) is 53.8 Å². The molecule has 0 saturated carbocycles. The zero-order chi connectivity index (χ0) is 22.3. The molecule has 2 heterocycles. The van der Waals surface area contributed by atoms with Crippen molar-refractivity contribution >= 4 is 17.4 Å². The monoisotopic (exact) mass is 428 g/mol. The van der Waals surface area contributed by atoms with Gasteiger partial charge in [0.1, 0.15) is 23.0 Å². The largest absolute Gasteiger partial charge is 0.457 e. The Labute approximate surface area is 188 Å². The quantitative estimate of drug-likeness (QED) is 0.534. The Kier molecular flexibility index (Phi) is 6.80. The number of carbonyl (C=O) groups excluding carboxylic acids is 1. The third kappa shape index (κ3) is 5.72. The fraction of sp³-hybridized carbons (Fsp3) is 0.269. The number of hydrogen-bond donors (Lipinski definition) is 2. The van der Waals surface area contributed by atoms with E-state index in [1.165, 1.54) is 5.56 Å². The number of pyridine rings is 1. The van der Waals surface area contributed by atoms with Crippen molar-refractivity contribution in [2.24, 2.45) is 4.99 Å². The van der Waals surface area contributed by atoms with E-state index in [0.717, 1.165) is 41.6 Å². The normalized spacial score (nSPS) is 12.9. The maximum Gasteiger partial charge on any atom is 0.224 e. The number of rotatable bonds is 8. The molecule has 2 aromatic carbocycles. The Balaban J connectivity index is 1.35. The van der Waals surface area contributed by atoms with Crippen LogP contribution < -0.4 is 15.4 Å². The van der Waals surface area contributed by atoms with Crippen molar-refractivity contribution in [1.82, 2.24) is 10.3 Å². The fourth-order valence-electron chi connectivity index (χ4n) is 3.53. The number of aryl methyl sites for hydroxylation is 1. The van der Waals surface area contributed by atoms with Gasteiger partial charge in [-0.2, -0.15) is 0 Å². The van der Waals surface area contributed by atoms with E-state index in [9.17, 15) is 4.79 Å². The Hall–Kier alpha value is -3.67. The summed E-state index contributed by atoms with van der Waals surface area (Å²) in [6.45, 7) is 5.88. The molecule has 6 nitrogen and oxygen atoms in total. The molecule has 0 radical (unpaired) electrons. The molecule has 0 bridgehead atoms. The highest BCUT2D eigenvalue weighted by Gasteiger charge is 2.11. The average molecular weight is 429 g/mol. The minimum atomic E-state index is 0.000779. The highest BCUT2D eigenvalue weighted by molar-refractivity contribution is 5.98. The number of amidine groups is 1. The molecule has 1 aliphatic rings. The molecule has 1 aromatic heterocycles. The maximum atomic E-state index is 12.4. The molecule has 4 rings (SSSR count). The predicted molar refractivity (Wildman–Crippen MR) is 128 cm³/mol. The van der Waals surface area contributed by atoms with Crippen molar-refractivity contribution < 1.29 is 9.53 Å². The second-order valence-corrected chi connectivity index (χ2v) is 8.11. The summed E-state index contributed by atoms with van der Waals surface area (Å²) in [6, 6.07) is 19.5. The van der Waals surface area contributed by atoms with Crippen LogP contribution in [0, 0.1) is 0 Å². The Morgan fingerprint density at radius 3 is 2.75 bits per heavy atom. The number of nitrogens with zero attached hydrogens (tertiary/aromatic N) is 2. The van der Waals surface area contributed by atoms with Gasteiger partial charge in [0.05, 0.1) is 6.54 Å². The minimum Gasteiger partial charge on any atom is -0.457 e. The van der Waals surface area contributed by atoms with E-state index in [4.69, 9.17) is 4.74 Å². The number of amides is 1. The summed E-state index contributed by atoms with van der Waals surface area (Å²) in [4.78, 5) is 21.2. The molecule has 1 aliphatic heterocycles. The van der Waals surface area contributed by atoms with Crippen LogP contribution in [-0.4, -0.2) is 29.8 Å². The molecule has 0 saturated heterocycles. The van der Waals surface area contributed by atoms with Crippen molar-refractivity contribution in [3.8, 4) is 11.5 Å². The summed E-state index contributed by atoms with van der Waals surface area (Å²) in [5.41, 5.74) is 3.87. The average Bonchev–Trinajstić information content (AvgIpc) is 3.33. The van der Waals surface area contributed by atoms with Crippen LogP contribution in [0.1, 0.15) is 43.0 Å². The lowest BCUT2D eigenvalue weighted by atomic mass is 10.0. The molecule has 0 aliphatic carbocycles. The number of carbonyl (C=O) groups is 1. The van der Waals surface area contributed by atoms with Crippen molar-refractivity contribution in [2.75, 3.05) is 18.4 Å². The van der Waals surface area contributed by atoms with Gasteiger partial charge in [0.15, 0.2) is 0 Å². The van der Waals surface area contributed by atoms with Crippen LogP contribution in [0.15, 0.2) is 71.9 Å². The smallest absolute Gasteiger partial charge is 0.224 e. The van der Waals surface area contributed by atoms with Gasteiger partial charge in [0.25, 0.3) is 0 Å². The van der Waals surface area contributed by atoms with E-state index < -0.39 is 0 Å². The molecular formula is C26H28N4O2. The second-order valence-electron chi connectivity index (χ2n) is 8.11. The molecule has 0 atom stereocenters. The lowest BCUT2D eigenvalue weighted by Crippen LogP contribution is -2.20. The van der Waals surface area contributed by atoms with Gasteiger partial charge in [-0.15, -0.1) is 0 Å². The maximum absolute atomic E-state index is 12.4. The summed E-state index contributed by atoms with van der Waals surface area (Å²) >= 11 is 0. The van der Waals surface area contributed by atoms with E-state index >= 15 is 0 Å². The van der Waals surface area contributed by atoms with Crippen molar-refractivity contribution in [3.05, 3.63) is 83.7 Å². The lowest BCUT2D eigenvalue weighted by molar-refractivity contribution is -0.116. The highest BCUT2D eigenvalue weighted by atomic mass is 16.5. The molecule has 3 aromatic rings. The Morgan fingerprint density at radius 1 is 1.09 bits per heavy atom. The Morgan fingerprint density at radius 2 is 1.94 bits per heavy atom. The van der Waals surface area contributed by atoms with E-state index in [2.05, 4.69) is 40.5 Å². The van der Waals surface area contributed by atoms with Crippen LogP contribution in [0.25, 0.3) is 0 Å². The molecule has 1 amide bonds. The topological polar surface area (TPSA) is 75.6 Å². The number of nitrogens with one attached hydrogen (secondary N) is 2. The van der Waals surface area contributed by atoms with Crippen molar-refractivity contribution in [1.29, 1.82) is 0 Å². The van der Waals surface area contributed by atoms with E-state index in [0.29, 0.717) is 24.5 Å². The molecule has 6 heteroatoms. The SMILES string of the molecule is CC(C)c1cccc(NC(=O)CCc2cccc(Oc3ccnc(C4=NCCN4)c3)c2)c1. The molecule has 164 valence electrons. The van der Waals surface area contributed by atoms with Crippen LogP contribution in [0.2, 0.25) is 0 Å². The van der Waals surface area contributed by atoms with E-state index in [1.54, 1.807) is 6.20 Å². The summed E-state index contributed by atoms with van der Waals surface area (Å²) in [5, 5.41) is 6.22. The van der Waals surface area contributed by atoms with Gasteiger partial charge in [-0.3, -0.25) is 14.8 Å². The van der Waals surface area contributed by atoms with Crippen LogP contribution in [0.3, 0.4) is 0 Å². The number of ether oxygens (including phenoxy) is 1. The summed E-state index contributed by atoms with van der Waals surface area (Å²) in [5.74, 6) is 2.65. The zero-order valence-corrected chi connectivity index (χ0v) is 18.5. The fourth-order valence-corrected chi connectivity index (χ4v) is 3.53. The van der Waals surface area contributed by atoms with Gasteiger partial charge in [0.2, 0.25) is 5.91 Å². The molecule has 0 unspecified atom stereocenters. The first-order valence-electron chi connectivity index (χ1n) is 11.0. The van der Waals surface area contributed by atoms with Crippen LogP contribution in [-0.2, 0) is 11.2 Å². The molecule has 0 fully saturated rings. The zero-order valence-electron chi connectivity index (χ0n) is 18.5. The molecule has 0 spiro atoms. The molecular weight excluding hydrogens is 400 g/mol. The van der Waals surface area contributed by atoms with Crippen LogP contribution >= 0.6 is 0 Å². The Bertz CT molecular complexity index is 1120. The third-order valence-electron chi connectivity index (χ3n) is 5.26. The number of hydrogen-bond acceptors (Lipinski definition) is 5. The minimum absolute atomic E-state index is 0.000779. The lowest BCUT2D eigenvalue weighted by Gasteiger charge is -2.10. The standard InChI is InChI=1S/C26H28N4O2/c1-18(2)20-6-4-7-21(16-20)30-25(31)10-9-19-5-3-8-22(15-19)32-23-11-12-27-24(17-23)26-28-13-14-29-26/h3-8,11-12,15-18H,9-10,13-14H2,1-2H3,(H,28,29)(H,30,31). The number of anilines is 1.